The number of aryl methyl sites for hydroxylation is 3. The van der Waals surface area contributed by atoms with Crippen LogP contribution in [0.25, 0.3) is 0 Å². The Morgan fingerprint density at radius 2 is 0.803 bits per heavy atom. The summed E-state index contributed by atoms with van der Waals surface area (Å²) in [6.45, 7) is 13.1. The molecule has 142 heavy (non-hydrogen) atoms. The van der Waals surface area contributed by atoms with Gasteiger partial charge in [-0.1, -0.05) is 47.3 Å². The van der Waals surface area contributed by atoms with Gasteiger partial charge in [0, 0.05) is 150 Å². The minimum atomic E-state index is -3.14. The van der Waals surface area contributed by atoms with Crippen LogP contribution in [0.2, 0.25) is 10.0 Å². The molecule has 4 saturated carbocycles. The first kappa shape index (κ1) is 103. The van der Waals surface area contributed by atoms with E-state index in [-0.39, 0.29) is 78.2 Å². The van der Waals surface area contributed by atoms with Crippen molar-refractivity contribution in [2.45, 2.75) is 217 Å². The molecular weight excluding hydrogens is 1910 g/mol. The number of carbonyl (C=O) groups is 15. The molecule has 0 bridgehead atoms. The van der Waals surface area contributed by atoms with Crippen molar-refractivity contribution in [3.8, 4) is 12.3 Å². The van der Waals surface area contributed by atoms with Gasteiger partial charge in [-0.05, 0) is 200 Å². The van der Waals surface area contributed by atoms with Crippen molar-refractivity contribution in [3.63, 3.8) is 0 Å². The molecule has 4 aliphatic heterocycles. The zero-order valence-electron chi connectivity index (χ0n) is 79.0. The van der Waals surface area contributed by atoms with Crippen molar-refractivity contribution in [2.24, 2.45) is 0 Å². The highest BCUT2D eigenvalue weighted by Gasteiger charge is 2.65. The van der Waals surface area contributed by atoms with E-state index >= 15 is 0 Å². The van der Waals surface area contributed by atoms with Crippen LogP contribution in [0.15, 0.2) is 72.9 Å². The molecule has 4 aromatic carbocycles. The zero-order chi connectivity index (χ0) is 104. The molecule has 11 amide bonds. The first-order valence-corrected chi connectivity index (χ1v) is 45.9. The molecule has 9 aromatic rings. The summed E-state index contributed by atoms with van der Waals surface area (Å²) in [5.74, 6) is -21.4. The van der Waals surface area contributed by atoms with Crippen molar-refractivity contribution < 1.29 is 111 Å². The molecule has 0 atom stereocenters. The molecule has 0 spiro atoms. The second-order valence-electron chi connectivity index (χ2n) is 37.3. The number of benzene rings is 4. The standard InChI is InChI=1S/C25H27ClF2N4O4.C25H27F3N4O4.C24H24ClF3N4O4.C24H21FN6O3/c2*1-13-7-8-15(10-16(13)26)29-21(34)19-14(2)18(17-6-5-9-32(17)19)20(33)22(35)30-24(23(36)31(3)4)11-25(27,28)12-24;1-11-6-7-13(17(26)16(11)25)30-20(34)18-12(2)15(14-5-4-8-32(14)18)19(33)21(35)31-23(22(36)29-3)9-24(27,28)10-23;1-3-14-9-15(25)11-16(10-14)27-22(33)20-13(2)19(17-5-4-8-31(17)20)21(32)23(34)28-24(6-7-24)18-12-26-30-29-18/h2*7-8,10H,5-6,9,11-12H2,1-4H3,(H,29,34)(H,30,35);6-7H,4-5,8-10H2,1-3H3,(H,29,36)(H,30,34)(H,31,35);1,9-12H,4-8H2,2H3,(H,27,33)(H,28,34)(H,26,29,30). The number of halogens is 11. The third-order valence-electron chi connectivity index (χ3n) is 26.7. The molecule has 44 heteroatoms. The lowest BCUT2D eigenvalue weighted by atomic mass is 9.72. The van der Waals surface area contributed by atoms with E-state index in [2.05, 4.69) is 69.2 Å². The van der Waals surface area contributed by atoms with Gasteiger partial charge < -0.3 is 75.9 Å². The number of ketones is 4. The summed E-state index contributed by atoms with van der Waals surface area (Å²) in [5.41, 5.74) is 1.40. The minimum Gasteiger partial charge on any atom is -0.357 e. The van der Waals surface area contributed by atoms with Crippen LogP contribution >= 0.6 is 23.2 Å². The highest BCUT2D eigenvalue weighted by molar-refractivity contribution is 6.46. The molecule has 0 radical (unpaired) electrons. The first-order valence-electron chi connectivity index (χ1n) is 45.2. The Morgan fingerprint density at radius 1 is 0.444 bits per heavy atom. The summed E-state index contributed by atoms with van der Waals surface area (Å²) in [7, 11) is 6.79. The number of likely N-dealkylation sites (N-methyl/N-ethyl adjacent to an activating group) is 3. The van der Waals surface area contributed by atoms with Crippen LogP contribution in [0.1, 0.15) is 233 Å². The van der Waals surface area contributed by atoms with E-state index in [1.165, 1.54) is 91.7 Å². The number of fused-ring (bicyclic) bond motifs is 4. The quantitative estimate of drug-likeness (QED) is 0.0116. The molecule has 17 rings (SSSR count). The van der Waals surface area contributed by atoms with Crippen LogP contribution in [-0.2, 0) is 91.0 Å². The Morgan fingerprint density at radius 3 is 1.15 bits per heavy atom. The fourth-order valence-electron chi connectivity index (χ4n) is 19.9. The number of Topliss-reactive ketones (excluding diaryl/α,β-unsaturated/α-hetero) is 4. The van der Waals surface area contributed by atoms with Gasteiger partial charge in [-0.3, -0.25) is 71.9 Å². The van der Waals surface area contributed by atoms with Gasteiger partial charge in [0.15, 0.2) is 5.82 Å². The Balaban J connectivity index is 0.000000150. The van der Waals surface area contributed by atoms with Gasteiger partial charge in [0.05, 0.1) is 44.7 Å². The average molecular weight is 2010 g/mol. The smallest absolute Gasteiger partial charge is 0.293 e. The average Bonchev–Trinajstić information content (AvgIpc) is 1.23. The third-order valence-corrected chi connectivity index (χ3v) is 27.5. The van der Waals surface area contributed by atoms with Crippen LogP contribution in [0.3, 0.4) is 0 Å². The van der Waals surface area contributed by atoms with E-state index in [1.54, 1.807) is 76.3 Å². The molecular formula is C98H99Cl2F9N18O15. The van der Waals surface area contributed by atoms with Crippen LogP contribution in [0.4, 0.5) is 62.3 Å². The predicted molar refractivity (Wildman–Crippen MR) is 499 cm³/mol. The van der Waals surface area contributed by atoms with Gasteiger partial charge in [-0.15, -0.1) is 6.42 Å². The van der Waals surface area contributed by atoms with Crippen LogP contribution < -0.4 is 47.9 Å². The van der Waals surface area contributed by atoms with Gasteiger partial charge in [0.25, 0.3) is 88.2 Å². The van der Waals surface area contributed by atoms with E-state index in [4.69, 9.17) is 29.6 Å². The van der Waals surface area contributed by atoms with Crippen LogP contribution in [-0.4, -0.2) is 201 Å². The monoisotopic (exact) mass is 2010 g/mol. The highest BCUT2D eigenvalue weighted by atomic mass is 35.5. The number of anilines is 4. The number of amides is 11. The summed E-state index contributed by atoms with van der Waals surface area (Å²) < 4.78 is 131. The maximum absolute atomic E-state index is 14.6. The fourth-order valence-corrected chi connectivity index (χ4v) is 20.2. The fraction of sp³-hybridized carbons (Fsp3) is 0.398. The summed E-state index contributed by atoms with van der Waals surface area (Å²) in [6.07, 6.45) is 7.29. The van der Waals surface area contributed by atoms with Gasteiger partial charge in [0.2, 0.25) is 17.7 Å². The Kier molecular flexibility index (Phi) is 28.5. The van der Waals surface area contributed by atoms with E-state index in [1.807, 2.05) is 6.92 Å². The number of hydrogen-bond acceptors (Lipinski definition) is 17. The minimum absolute atomic E-state index is 0.0174. The molecule has 748 valence electrons. The normalized spacial score (nSPS) is 16.7. The van der Waals surface area contributed by atoms with Crippen molar-refractivity contribution in [2.75, 3.05) is 56.5 Å². The molecule has 0 unspecified atom stereocenters. The second-order valence-corrected chi connectivity index (χ2v) is 38.1. The third kappa shape index (κ3) is 19.9. The number of aromatic amines is 1. The zero-order valence-corrected chi connectivity index (χ0v) is 80.5. The second kappa shape index (κ2) is 39.2. The number of H-pyrrole nitrogens is 1. The Bertz CT molecular complexity index is 6700. The molecule has 8 aliphatic rings. The summed E-state index contributed by atoms with van der Waals surface area (Å²) in [6, 6.07) is 16.1. The predicted octanol–water partition coefficient (Wildman–Crippen LogP) is 12.0. The lowest BCUT2D eigenvalue weighted by Gasteiger charge is -2.47. The molecule has 9 heterocycles. The molecule has 5 aromatic heterocycles. The summed E-state index contributed by atoms with van der Waals surface area (Å²) in [4.78, 5) is 197. The maximum Gasteiger partial charge on any atom is 0.293 e. The van der Waals surface area contributed by atoms with Crippen LogP contribution in [0, 0.1) is 78.3 Å². The molecule has 4 aliphatic carbocycles. The first-order chi connectivity index (χ1) is 66.7. The van der Waals surface area contributed by atoms with Crippen molar-refractivity contribution >= 4 is 134 Å². The topological polar surface area (TPSA) is 432 Å². The molecule has 0 saturated heterocycles. The Labute approximate surface area is 816 Å². The number of alkyl halides is 6. The number of hydrogen-bond donors (Lipinski definition) is 10. The van der Waals surface area contributed by atoms with Gasteiger partial charge in [-0.25, -0.2) is 39.5 Å². The number of nitrogens with zero attached hydrogens (tertiary/aromatic N) is 8. The lowest BCUT2D eigenvalue weighted by Crippen LogP contribution is -2.69. The van der Waals surface area contributed by atoms with Crippen molar-refractivity contribution in [1.29, 1.82) is 0 Å². The lowest BCUT2D eigenvalue weighted by molar-refractivity contribution is -0.171. The van der Waals surface area contributed by atoms with Gasteiger partial charge in [0.1, 0.15) is 56.7 Å². The summed E-state index contributed by atoms with van der Waals surface area (Å²) >= 11 is 12.1. The van der Waals surface area contributed by atoms with E-state index in [0.717, 1.165) is 21.8 Å². The van der Waals surface area contributed by atoms with Crippen molar-refractivity contribution in [1.82, 2.24) is 70.1 Å². The number of rotatable bonds is 24. The van der Waals surface area contributed by atoms with E-state index < -0.39 is 184 Å². The van der Waals surface area contributed by atoms with Crippen molar-refractivity contribution in [3.05, 3.63) is 218 Å². The van der Waals surface area contributed by atoms with E-state index in [9.17, 15) is 111 Å². The number of nitrogens with one attached hydrogen (secondary N) is 10. The van der Waals surface area contributed by atoms with Gasteiger partial charge in [-0.2, -0.15) is 15.4 Å². The van der Waals surface area contributed by atoms with Crippen LogP contribution in [0.5, 0.6) is 0 Å². The molecule has 10 N–H and O–H groups in total. The number of carbonyl (C=O) groups excluding carboxylic acids is 15. The van der Waals surface area contributed by atoms with Gasteiger partial charge >= 0.3 is 0 Å². The molecule has 33 nitrogen and oxygen atoms in total. The summed E-state index contributed by atoms with van der Waals surface area (Å²) in [5, 5.41) is 33.0. The highest BCUT2D eigenvalue weighted by Crippen LogP contribution is 2.51. The SMILES string of the molecule is C#Cc1cc(F)cc(NC(=O)c2c(C)c(C(=O)C(=O)NC3(c4cn[nH]n4)CC3)c3n2CCC3)c1.CNC(=O)C1(NC(=O)C(=O)c2c(C)c(C(=O)Nc3ccc(C)c(Cl)c3F)n3c2CCC3)CC(F)(F)C1.Cc1ccc(NC(=O)c2c(C)c(C(=O)C(=O)NC3(C(=O)N(C)C)CC(F)(F)C3)c3n2CCC3)cc1Cl.Cc1ccc(NC(=O)c2c(C)c(C(=O)C(=O)NC3(C(=O)N(C)C)CC(F)(F)C3)c3n2CCC3)cc1F. The Hall–Kier alpha value is -14.5. The maximum atomic E-state index is 14.6. The number of terminal acetylenes is 1. The number of aromatic nitrogens is 7. The largest absolute Gasteiger partial charge is 0.357 e. The van der Waals surface area contributed by atoms with E-state index in [0.29, 0.717) is 151 Å². The molecule has 4 fully saturated rings.